The van der Waals surface area contributed by atoms with E-state index >= 15 is 0 Å². The average molecular weight is 357 g/mol. The van der Waals surface area contributed by atoms with Crippen LogP contribution in [0, 0.1) is 11.2 Å². The molecule has 4 nitrogen and oxygen atoms in total. The van der Waals surface area contributed by atoms with Gasteiger partial charge in [-0.15, -0.1) is 0 Å². The molecule has 1 unspecified atom stereocenters. The van der Waals surface area contributed by atoms with Crippen molar-refractivity contribution in [1.82, 2.24) is 5.32 Å². The van der Waals surface area contributed by atoms with Crippen LogP contribution >= 0.6 is 0 Å². The third-order valence-electron chi connectivity index (χ3n) is 4.24. The summed E-state index contributed by atoms with van der Waals surface area (Å²) in [5, 5.41) is 12.2. The molecule has 2 rings (SSSR count). The number of carbonyl (C=O) groups excluding carboxylic acids is 1. The molecule has 2 aromatic rings. The summed E-state index contributed by atoms with van der Waals surface area (Å²) < 4.78 is 13.2. The summed E-state index contributed by atoms with van der Waals surface area (Å²) in [7, 11) is 0. The van der Waals surface area contributed by atoms with Gasteiger partial charge in [-0.1, -0.05) is 51.1 Å². The summed E-state index contributed by atoms with van der Waals surface area (Å²) in [6.07, 6.45) is 0.520. The summed E-state index contributed by atoms with van der Waals surface area (Å²) >= 11 is 0. The van der Waals surface area contributed by atoms with E-state index in [1.54, 1.807) is 30.3 Å². The van der Waals surface area contributed by atoms with Crippen LogP contribution in [0.2, 0.25) is 0 Å². The minimum atomic E-state index is -1.00. The Morgan fingerprint density at radius 2 is 1.69 bits per heavy atom. The quantitative estimate of drug-likeness (QED) is 0.807. The maximum atomic E-state index is 13.2. The van der Waals surface area contributed by atoms with Gasteiger partial charge in [-0.25, -0.2) is 9.18 Å². The molecule has 0 aliphatic rings. The lowest BCUT2D eigenvalue weighted by Crippen LogP contribution is -2.36. The molecular formula is C21H24FNO3. The highest BCUT2D eigenvalue weighted by Crippen LogP contribution is 2.33. The Morgan fingerprint density at radius 3 is 2.27 bits per heavy atom. The SMILES string of the molecule is CC(C)(C)C(NC(=O)CCc1ccccc1C(=O)O)c1ccc(F)cc1. The van der Waals surface area contributed by atoms with Crippen LogP contribution in [-0.4, -0.2) is 17.0 Å². The molecule has 0 aliphatic carbocycles. The third kappa shape index (κ3) is 5.15. The summed E-state index contributed by atoms with van der Waals surface area (Å²) in [5.74, 6) is -1.49. The molecule has 138 valence electrons. The number of aromatic carboxylic acids is 1. The minimum Gasteiger partial charge on any atom is -0.478 e. The first-order valence-electron chi connectivity index (χ1n) is 8.54. The highest BCUT2D eigenvalue weighted by atomic mass is 19.1. The fraction of sp³-hybridized carbons (Fsp3) is 0.333. The number of halogens is 1. The smallest absolute Gasteiger partial charge is 0.335 e. The van der Waals surface area contributed by atoms with Crippen LogP contribution < -0.4 is 5.32 Å². The third-order valence-corrected chi connectivity index (χ3v) is 4.24. The van der Waals surface area contributed by atoms with Gasteiger partial charge in [0.15, 0.2) is 0 Å². The van der Waals surface area contributed by atoms with E-state index in [1.165, 1.54) is 18.2 Å². The second-order valence-electron chi connectivity index (χ2n) is 7.38. The summed E-state index contributed by atoms with van der Waals surface area (Å²) in [5.41, 5.74) is 1.42. The molecule has 0 radical (unpaired) electrons. The lowest BCUT2D eigenvalue weighted by Gasteiger charge is -2.32. The first-order chi connectivity index (χ1) is 12.2. The normalized spacial score (nSPS) is 12.5. The second-order valence-corrected chi connectivity index (χ2v) is 7.38. The van der Waals surface area contributed by atoms with E-state index in [9.17, 15) is 19.1 Å². The number of carbonyl (C=O) groups is 2. The van der Waals surface area contributed by atoms with Crippen LogP contribution in [0.1, 0.15) is 54.7 Å². The van der Waals surface area contributed by atoms with Gasteiger partial charge < -0.3 is 10.4 Å². The van der Waals surface area contributed by atoms with Gasteiger partial charge in [0, 0.05) is 6.42 Å². The van der Waals surface area contributed by atoms with Gasteiger partial charge in [0.2, 0.25) is 5.91 Å². The number of nitrogens with one attached hydrogen (secondary N) is 1. The van der Waals surface area contributed by atoms with E-state index in [2.05, 4.69) is 5.32 Å². The molecule has 0 fully saturated rings. The van der Waals surface area contributed by atoms with Crippen LogP contribution in [0.5, 0.6) is 0 Å². The van der Waals surface area contributed by atoms with Crippen molar-refractivity contribution < 1.29 is 19.1 Å². The standard InChI is InChI=1S/C21H24FNO3/c1-21(2,3)19(15-8-11-16(22)12-9-15)23-18(24)13-10-14-6-4-5-7-17(14)20(25)26/h4-9,11-12,19H,10,13H2,1-3H3,(H,23,24)(H,25,26). The highest BCUT2D eigenvalue weighted by Gasteiger charge is 2.27. The number of amides is 1. The molecule has 2 aromatic carbocycles. The van der Waals surface area contributed by atoms with E-state index < -0.39 is 5.97 Å². The maximum Gasteiger partial charge on any atom is 0.335 e. The topological polar surface area (TPSA) is 66.4 Å². The number of aryl methyl sites for hydroxylation is 1. The first kappa shape index (κ1) is 19.6. The Morgan fingerprint density at radius 1 is 1.08 bits per heavy atom. The fourth-order valence-corrected chi connectivity index (χ4v) is 2.88. The van der Waals surface area contributed by atoms with Crippen LogP contribution in [0.3, 0.4) is 0 Å². The molecule has 0 aromatic heterocycles. The largest absolute Gasteiger partial charge is 0.478 e. The van der Waals surface area contributed by atoms with E-state index in [4.69, 9.17) is 0 Å². The van der Waals surface area contributed by atoms with Gasteiger partial charge in [-0.3, -0.25) is 4.79 Å². The second kappa shape index (κ2) is 8.13. The Bertz CT molecular complexity index is 779. The van der Waals surface area contributed by atoms with Crippen molar-refractivity contribution in [3.05, 3.63) is 71.0 Å². The predicted octanol–water partition coefficient (Wildman–Crippen LogP) is 4.36. The van der Waals surface area contributed by atoms with Crippen LogP contribution in [0.15, 0.2) is 48.5 Å². The molecule has 0 aliphatic heterocycles. The number of benzene rings is 2. The zero-order chi connectivity index (χ0) is 19.3. The zero-order valence-electron chi connectivity index (χ0n) is 15.3. The molecule has 2 N–H and O–H groups in total. The monoisotopic (exact) mass is 357 g/mol. The summed E-state index contributed by atoms with van der Waals surface area (Å²) in [6, 6.07) is 12.5. The highest BCUT2D eigenvalue weighted by molar-refractivity contribution is 5.89. The van der Waals surface area contributed by atoms with Crippen molar-refractivity contribution >= 4 is 11.9 Å². The molecular weight excluding hydrogens is 333 g/mol. The number of carboxylic acids is 1. The van der Waals surface area contributed by atoms with Gasteiger partial charge in [0.25, 0.3) is 0 Å². The van der Waals surface area contributed by atoms with Gasteiger partial charge in [-0.05, 0) is 41.2 Å². The van der Waals surface area contributed by atoms with Gasteiger partial charge in [-0.2, -0.15) is 0 Å². The Kier molecular flexibility index (Phi) is 6.14. The molecule has 0 heterocycles. The van der Waals surface area contributed by atoms with Crippen LogP contribution in [-0.2, 0) is 11.2 Å². The van der Waals surface area contributed by atoms with Crippen molar-refractivity contribution in [1.29, 1.82) is 0 Å². The maximum absolute atomic E-state index is 13.2. The lowest BCUT2D eigenvalue weighted by atomic mass is 9.82. The van der Waals surface area contributed by atoms with Crippen molar-refractivity contribution in [3.8, 4) is 0 Å². The Labute approximate surface area is 153 Å². The van der Waals surface area contributed by atoms with Crippen LogP contribution in [0.25, 0.3) is 0 Å². The molecule has 0 saturated heterocycles. The molecule has 0 saturated carbocycles. The Hall–Kier alpha value is -2.69. The van der Waals surface area contributed by atoms with Crippen molar-refractivity contribution in [3.63, 3.8) is 0 Å². The van der Waals surface area contributed by atoms with Crippen LogP contribution in [0.4, 0.5) is 4.39 Å². The van der Waals surface area contributed by atoms with E-state index in [-0.39, 0.29) is 35.2 Å². The summed E-state index contributed by atoms with van der Waals surface area (Å²) in [4.78, 5) is 23.7. The fourth-order valence-electron chi connectivity index (χ4n) is 2.88. The van der Waals surface area contributed by atoms with Gasteiger partial charge in [0.1, 0.15) is 5.82 Å². The predicted molar refractivity (Wildman–Crippen MR) is 98.5 cm³/mol. The molecule has 26 heavy (non-hydrogen) atoms. The molecule has 5 heteroatoms. The van der Waals surface area contributed by atoms with E-state index in [1.807, 2.05) is 20.8 Å². The molecule has 0 spiro atoms. The Balaban J connectivity index is 2.09. The number of hydrogen-bond donors (Lipinski definition) is 2. The zero-order valence-corrected chi connectivity index (χ0v) is 15.3. The number of carboxylic acid groups (broad SMARTS) is 1. The molecule has 1 amide bonds. The van der Waals surface area contributed by atoms with Crippen molar-refractivity contribution in [2.75, 3.05) is 0 Å². The molecule has 0 bridgehead atoms. The number of rotatable bonds is 6. The molecule has 1 atom stereocenters. The summed E-state index contributed by atoms with van der Waals surface area (Å²) in [6.45, 7) is 6.00. The van der Waals surface area contributed by atoms with Gasteiger partial charge >= 0.3 is 5.97 Å². The lowest BCUT2D eigenvalue weighted by molar-refractivity contribution is -0.122. The van der Waals surface area contributed by atoms with Gasteiger partial charge in [0.05, 0.1) is 11.6 Å². The average Bonchev–Trinajstić information content (AvgIpc) is 2.58. The first-order valence-corrected chi connectivity index (χ1v) is 8.54. The van der Waals surface area contributed by atoms with Crippen molar-refractivity contribution in [2.24, 2.45) is 5.41 Å². The minimum absolute atomic E-state index is 0.172. The van der Waals surface area contributed by atoms with Crippen molar-refractivity contribution in [2.45, 2.75) is 39.7 Å². The van der Waals surface area contributed by atoms with E-state index in [0.29, 0.717) is 12.0 Å². The van der Waals surface area contributed by atoms with E-state index in [0.717, 1.165) is 5.56 Å². The number of hydrogen-bond acceptors (Lipinski definition) is 2.